The molecule has 7 heteroatoms. The summed E-state index contributed by atoms with van der Waals surface area (Å²) >= 11 is 2.86. The first-order chi connectivity index (χ1) is 9.67. The third-order valence-electron chi connectivity index (χ3n) is 2.51. The molecule has 0 radical (unpaired) electrons. The van der Waals surface area contributed by atoms with Crippen LogP contribution in [0.3, 0.4) is 0 Å². The Kier molecular flexibility index (Phi) is 5.87. The van der Waals surface area contributed by atoms with Gasteiger partial charge in [-0.25, -0.2) is 15.0 Å². The minimum absolute atomic E-state index is 0.649. The van der Waals surface area contributed by atoms with E-state index in [4.69, 9.17) is 0 Å². The Labute approximate surface area is 127 Å². The Hall–Kier alpha value is -1.05. The number of nitrogens with zero attached hydrogens (tertiary/aromatic N) is 4. The van der Waals surface area contributed by atoms with Gasteiger partial charge in [0.1, 0.15) is 5.82 Å². The number of aryl methyl sites for hydroxylation is 1. The first kappa shape index (κ1) is 15.3. The summed E-state index contributed by atoms with van der Waals surface area (Å²) < 4.78 is 5.15. The molecule has 1 N–H and O–H groups in total. The summed E-state index contributed by atoms with van der Waals surface area (Å²) in [5, 5.41) is 4.09. The van der Waals surface area contributed by atoms with Crippen molar-refractivity contribution in [3.05, 3.63) is 23.8 Å². The molecule has 0 saturated carbocycles. The zero-order chi connectivity index (χ0) is 14.4. The van der Waals surface area contributed by atoms with Crippen LogP contribution in [0.15, 0.2) is 21.9 Å². The van der Waals surface area contributed by atoms with Crippen LogP contribution in [0.4, 0.5) is 0 Å². The highest BCUT2D eigenvalue weighted by molar-refractivity contribution is 8.00. The lowest BCUT2D eigenvalue weighted by Crippen LogP contribution is -2.19. The van der Waals surface area contributed by atoms with Gasteiger partial charge in [-0.05, 0) is 35.8 Å². The third-order valence-corrected chi connectivity index (χ3v) is 4.19. The molecular weight excluding hydrogens is 290 g/mol. The van der Waals surface area contributed by atoms with Crippen LogP contribution in [0.2, 0.25) is 0 Å². The van der Waals surface area contributed by atoms with Crippen LogP contribution in [0.25, 0.3) is 0 Å². The normalized spacial score (nSPS) is 11.2. The minimum atomic E-state index is 0.649. The molecule has 2 heterocycles. The number of rotatable bonds is 7. The van der Waals surface area contributed by atoms with Crippen molar-refractivity contribution >= 4 is 23.3 Å². The van der Waals surface area contributed by atoms with Gasteiger partial charge >= 0.3 is 0 Å². The summed E-state index contributed by atoms with van der Waals surface area (Å²) in [5.74, 6) is 1.53. The van der Waals surface area contributed by atoms with E-state index in [1.807, 2.05) is 19.3 Å². The van der Waals surface area contributed by atoms with Crippen LogP contribution in [0, 0.1) is 5.92 Å². The molecule has 2 rings (SSSR count). The molecular formula is C13H19N5S2. The van der Waals surface area contributed by atoms with Gasteiger partial charge in [-0.2, -0.15) is 4.37 Å². The van der Waals surface area contributed by atoms with E-state index in [-0.39, 0.29) is 0 Å². The Morgan fingerprint density at radius 3 is 2.65 bits per heavy atom. The van der Waals surface area contributed by atoms with E-state index < -0.39 is 0 Å². The van der Waals surface area contributed by atoms with Crippen LogP contribution < -0.4 is 5.32 Å². The summed E-state index contributed by atoms with van der Waals surface area (Å²) in [7, 11) is 0. The standard InChI is InChI=1S/C13H19N5S2/c1-4-11-17-13(20-18-11)19-12-15-7-10(8-16-12)6-14-5-9(2)3/h7-9,14H,4-6H2,1-3H3. The topological polar surface area (TPSA) is 63.6 Å². The Balaban J connectivity index is 1.87. The van der Waals surface area contributed by atoms with E-state index in [9.17, 15) is 0 Å². The highest BCUT2D eigenvalue weighted by Crippen LogP contribution is 2.25. The summed E-state index contributed by atoms with van der Waals surface area (Å²) in [5.41, 5.74) is 1.10. The molecule has 0 unspecified atom stereocenters. The first-order valence-electron chi connectivity index (χ1n) is 6.69. The average molecular weight is 309 g/mol. The van der Waals surface area contributed by atoms with Crippen LogP contribution in [-0.2, 0) is 13.0 Å². The Morgan fingerprint density at radius 2 is 2.05 bits per heavy atom. The summed E-state index contributed by atoms with van der Waals surface area (Å²) in [4.78, 5) is 13.1. The Morgan fingerprint density at radius 1 is 1.30 bits per heavy atom. The maximum absolute atomic E-state index is 4.39. The van der Waals surface area contributed by atoms with Gasteiger partial charge in [-0.3, -0.25) is 0 Å². The predicted molar refractivity (Wildman–Crippen MR) is 82.0 cm³/mol. The molecule has 2 aromatic heterocycles. The van der Waals surface area contributed by atoms with Gasteiger partial charge in [-0.15, -0.1) is 0 Å². The Bertz CT molecular complexity index is 524. The highest BCUT2D eigenvalue weighted by Gasteiger charge is 2.06. The van der Waals surface area contributed by atoms with Crippen LogP contribution in [0.1, 0.15) is 32.2 Å². The van der Waals surface area contributed by atoms with Crippen LogP contribution >= 0.6 is 23.3 Å². The van der Waals surface area contributed by atoms with Gasteiger partial charge in [0.15, 0.2) is 9.50 Å². The van der Waals surface area contributed by atoms with Crippen molar-refractivity contribution in [2.45, 2.75) is 43.2 Å². The molecule has 0 aliphatic rings. The molecule has 2 aromatic rings. The van der Waals surface area contributed by atoms with Crippen molar-refractivity contribution in [1.29, 1.82) is 0 Å². The van der Waals surface area contributed by atoms with Crippen molar-refractivity contribution in [2.75, 3.05) is 6.54 Å². The fraction of sp³-hybridized carbons (Fsp3) is 0.538. The van der Waals surface area contributed by atoms with Crippen molar-refractivity contribution in [3.63, 3.8) is 0 Å². The van der Waals surface area contributed by atoms with Gasteiger partial charge in [-0.1, -0.05) is 20.8 Å². The smallest absolute Gasteiger partial charge is 0.194 e. The number of nitrogens with one attached hydrogen (secondary N) is 1. The number of hydrogen-bond acceptors (Lipinski definition) is 7. The first-order valence-corrected chi connectivity index (χ1v) is 8.28. The van der Waals surface area contributed by atoms with Crippen molar-refractivity contribution in [2.24, 2.45) is 5.92 Å². The van der Waals surface area contributed by atoms with Crippen LogP contribution in [0.5, 0.6) is 0 Å². The van der Waals surface area contributed by atoms with E-state index in [1.165, 1.54) is 23.3 Å². The molecule has 0 amide bonds. The predicted octanol–water partition coefficient (Wildman–Crippen LogP) is 2.79. The largest absolute Gasteiger partial charge is 0.312 e. The second-order valence-electron chi connectivity index (χ2n) is 4.83. The van der Waals surface area contributed by atoms with Gasteiger partial charge in [0.2, 0.25) is 0 Å². The molecule has 0 saturated heterocycles. The van der Waals surface area contributed by atoms with Gasteiger partial charge in [0.25, 0.3) is 0 Å². The summed E-state index contributed by atoms with van der Waals surface area (Å²) in [6.45, 7) is 8.24. The molecule has 20 heavy (non-hydrogen) atoms. The fourth-order valence-corrected chi connectivity index (χ4v) is 3.00. The maximum atomic E-state index is 4.39. The zero-order valence-electron chi connectivity index (χ0n) is 12.0. The molecule has 0 aliphatic heterocycles. The molecule has 0 spiro atoms. The zero-order valence-corrected chi connectivity index (χ0v) is 13.6. The molecule has 0 aromatic carbocycles. The summed E-state index contributed by atoms with van der Waals surface area (Å²) in [6.07, 6.45) is 4.59. The molecule has 5 nitrogen and oxygen atoms in total. The third kappa shape index (κ3) is 4.81. The maximum Gasteiger partial charge on any atom is 0.194 e. The molecule has 0 bridgehead atoms. The van der Waals surface area contributed by atoms with Crippen molar-refractivity contribution in [3.8, 4) is 0 Å². The number of hydrogen-bond donors (Lipinski definition) is 1. The molecule has 0 fully saturated rings. The van der Waals surface area contributed by atoms with E-state index in [1.54, 1.807) is 0 Å². The number of aromatic nitrogens is 4. The average Bonchev–Trinajstić information content (AvgIpc) is 2.88. The lowest BCUT2D eigenvalue weighted by atomic mass is 10.2. The van der Waals surface area contributed by atoms with Gasteiger partial charge in [0, 0.05) is 30.9 Å². The lowest BCUT2D eigenvalue weighted by molar-refractivity contribution is 0.550. The van der Waals surface area contributed by atoms with Crippen molar-refractivity contribution < 1.29 is 0 Å². The van der Waals surface area contributed by atoms with Gasteiger partial charge in [0.05, 0.1) is 0 Å². The van der Waals surface area contributed by atoms with Gasteiger partial charge < -0.3 is 5.32 Å². The SMILES string of the molecule is CCc1nsc(Sc2ncc(CNCC(C)C)cn2)n1. The van der Waals surface area contributed by atoms with E-state index >= 15 is 0 Å². The van der Waals surface area contributed by atoms with E-state index in [2.05, 4.69) is 38.5 Å². The molecule has 108 valence electrons. The van der Waals surface area contributed by atoms with Crippen LogP contribution in [-0.4, -0.2) is 25.9 Å². The molecule has 0 aliphatic carbocycles. The quantitative estimate of drug-likeness (QED) is 0.794. The molecule has 0 atom stereocenters. The van der Waals surface area contributed by atoms with Crippen molar-refractivity contribution in [1.82, 2.24) is 24.6 Å². The lowest BCUT2D eigenvalue weighted by Gasteiger charge is -2.06. The van der Waals surface area contributed by atoms with E-state index in [0.29, 0.717) is 5.92 Å². The second-order valence-corrected chi connectivity index (χ2v) is 6.80. The minimum Gasteiger partial charge on any atom is -0.312 e. The fourth-order valence-electron chi connectivity index (χ4n) is 1.49. The van der Waals surface area contributed by atoms with E-state index in [0.717, 1.165) is 40.4 Å². The monoisotopic (exact) mass is 309 g/mol. The second kappa shape index (κ2) is 7.66. The summed E-state index contributed by atoms with van der Waals surface area (Å²) in [6, 6.07) is 0. The highest BCUT2D eigenvalue weighted by atomic mass is 32.2.